The van der Waals surface area contributed by atoms with Crippen LogP contribution in [0.1, 0.15) is 18.7 Å². The number of aromatic hydroxyl groups is 1. The van der Waals surface area contributed by atoms with Gasteiger partial charge in [-0.15, -0.1) is 10.2 Å². The van der Waals surface area contributed by atoms with Crippen LogP contribution in [0.5, 0.6) is 5.75 Å². The first-order valence-electron chi connectivity index (χ1n) is 10.6. The fraction of sp³-hybridized carbons (Fsp3) is 0.304. The summed E-state index contributed by atoms with van der Waals surface area (Å²) < 4.78 is 0. The van der Waals surface area contributed by atoms with E-state index in [-0.39, 0.29) is 12.3 Å². The van der Waals surface area contributed by atoms with Gasteiger partial charge in [-0.3, -0.25) is 0 Å². The van der Waals surface area contributed by atoms with Crippen LogP contribution < -0.4 is 21.3 Å². The van der Waals surface area contributed by atoms with Crippen molar-refractivity contribution in [1.82, 2.24) is 20.2 Å². The Labute approximate surface area is 186 Å². The minimum atomic E-state index is 0.215. The fourth-order valence-corrected chi connectivity index (χ4v) is 4.57. The number of benzene rings is 1. The van der Waals surface area contributed by atoms with Crippen molar-refractivity contribution in [2.45, 2.75) is 24.9 Å². The summed E-state index contributed by atoms with van der Waals surface area (Å²) in [6.45, 7) is 1.91. The maximum absolute atomic E-state index is 9.56. The number of rotatable bonds is 3. The molecule has 162 valence electrons. The van der Waals surface area contributed by atoms with Crippen molar-refractivity contribution in [2.24, 2.45) is 5.73 Å². The average Bonchev–Trinajstić information content (AvgIpc) is 3.08. The van der Waals surface area contributed by atoms with Gasteiger partial charge in [0.25, 0.3) is 0 Å². The maximum Gasteiger partial charge on any atom is 0.206 e. The lowest BCUT2D eigenvalue weighted by molar-refractivity contribution is 0.475. The minimum Gasteiger partial charge on any atom is -0.508 e. The Kier molecular flexibility index (Phi) is 5.21. The molecule has 2 unspecified atom stereocenters. The highest BCUT2D eigenvalue weighted by molar-refractivity contribution is 5.72. The fourth-order valence-electron chi connectivity index (χ4n) is 4.57. The summed E-state index contributed by atoms with van der Waals surface area (Å²) in [6, 6.07) is 11.5. The third-order valence-electron chi connectivity index (χ3n) is 5.99. The molecule has 2 bridgehead atoms. The van der Waals surface area contributed by atoms with E-state index in [0.717, 1.165) is 48.7 Å². The van der Waals surface area contributed by atoms with Crippen LogP contribution in [0.15, 0.2) is 42.6 Å². The van der Waals surface area contributed by atoms with Gasteiger partial charge in [0.2, 0.25) is 5.82 Å². The normalized spacial score (nSPS) is 19.5. The third-order valence-corrected chi connectivity index (χ3v) is 5.99. The van der Waals surface area contributed by atoms with Gasteiger partial charge in [0, 0.05) is 36.9 Å². The van der Waals surface area contributed by atoms with Crippen LogP contribution in [0.2, 0.25) is 0 Å². The highest BCUT2D eigenvalue weighted by Crippen LogP contribution is 2.37. The van der Waals surface area contributed by atoms with Crippen molar-refractivity contribution < 1.29 is 5.11 Å². The Morgan fingerprint density at radius 1 is 1.06 bits per heavy atom. The van der Waals surface area contributed by atoms with Crippen LogP contribution in [0.4, 0.5) is 17.3 Å². The lowest BCUT2D eigenvalue weighted by atomic mass is 10.1. The number of hydrogen-bond donors (Lipinski definition) is 3. The number of anilines is 3. The summed E-state index contributed by atoms with van der Waals surface area (Å²) in [5, 5.41) is 18.0. The molecule has 2 saturated heterocycles. The van der Waals surface area contributed by atoms with Gasteiger partial charge in [-0.25, -0.2) is 9.97 Å². The zero-order chi connectivity index (χ0) is 22.1. The van der Waals surface area contributed by atoms with Gasteiger partial charge in [-0.2, -0.15) is 0 Å². The predicted molar refractivity (Wildman–Crippen MR) is 123 cm³/mol. The van der Waals surface area contributed by atoms with E-state index in [9.17, 15) is 5.11 Å². The van der Waals surface area contributed by atoms with Gasteiger partial charge in [0.15, 0.2) is 5.82 Å². The van der Waals surface area contributed by atoms with Gasteiger partial charge in [0.1, 0.15) is 11.6 Å². The molecular weight excluding hydrogens is 404 g/mol. The number of hydrogen-bond acceptors (Lipinski definition) is 9. The molecule has 9 nitrogen and oxygen atoms in total. The van der Waals surface area contributed by atoms with Crippen molar-refractivity contribution in [1.29, 1.82) is 0 Å². The number of nitrogen functional groups attached to an aromatic ring is 1. The summed E-state index contributed by atoms with van der Waals surface area (Å²) >= 11 is 0. The number of nitrogens with zero attached hydrogens (tertiary/aromatic N) is 6. The second kappa shape index (κ2) is 8.32. The molecule has 5 N–H and O–H groups in total. The van der Waals surface area contributed by atoms with E-state index in [2.05, 4.69) is 41.8 Å². The Balaban J connectivity index is 1.40. The van der Waals surface area contributed by atoms with E-state index in [1.165, 1.54) is 0 Å². The van der Waals surface area contributed by atoms with Crippen molar-refractivity contribution in [3.63, 3.8) is 0 Å². The van der Waals surface area contributed by atoms with E-state index < -0.39 is 0 Å². The zero-order valence-electron chi connectivity index (χ0n) is 17.5. The first-order valence-corrected chi connectivity index (χ1v) is 10.6. The van der Waals surface area contributed by atoms with Crippen molar-refractivity contribution in [3.8, 4) is 28.8 Å². The first-order chi connectivity index (χ1) is 15.6. The van der Waals surface area contributed by atoms with Crippen molar-refractivity contribution in [3.05, 3.63) is 48.4 Å². The number of piperazine rings is 1. The largest absolute Gasteiger partial charge is 0.508 e. The van der Waals surface area contributed by atoms with E-state index in [4.69, 9.17) is 11.5 Å². The molecule has 3 aromatic rings. The number of fused-ring (bicyclic) bond motifs is 2. The highest BCUT2D eigenvalue weighted by Gasteiger charge is 2.41. The van der Waals surface area contributed by atoms with Crippen LogP contribution in [0, 0.1) is 11.8 Å². The molecule has 2 aromatic heterocycles. The molecule has 9 heteroatoms. The van der Waals surface area contributed by atoms with Crippen LogP contribution in [0.3, 0.4) is 0 Å². The van der Waals surface area contributed by atoms with Crippen molar-refractivity contribution in [2.75, 3.05) is 35.2 Å². The summed E-state index contributed by atoms with van der Waals surface area (Å²) in [5.74, 6) is 7.77. The lowest BCUT2D eigenvalue weighted by Gasteiger charge is -2.42. The molecule has 0 saturated carbocycles. The second-order valence-electron chi connectivity index (χ2n) is 7.99. The number of phenols is 1. The topological polar surface area (TPSA) is 130 Å². The SMILES string of the molecule is NCC#Cc1nccc(N2C3CCC2CN(c2cc(-c4ccc(O)cc4)nnc2N)C3)n1. The molecule has 0 radical (unpaired) electrons. The van der Waals surface area contributed by atoms with Gasteiger partial charge in [-0.1, -0.05) is 5.92 Å². The number of aromatic nitrogens is 4. The molecule has 32 heavy (non-hydrogen) atoms. The van der Waals surface area contributed by atoms with E-state index in [1.807, 2.05) is 24.3 Å². The van der Waals surface area contributed by atoms with E-state index in [1.54, 1.807) is 18.3 Å². The molecular formula is C23H24N8O. The molecule has 5 rings (SSSR count). The Bertz CT molecular complexity index is 1170. The number of nitrogens with two attached hydrogens (primary N) is 2. The maximum atomic E-state index is 9.56. The quantitative estimate of drug-likeness (QED) is 0.530. The molecule has 0 aliphatic carbocycles. The van der Waals surface area contributed by atoms with Gasteiger partial charge >= 0.3 is 0 Å². The van der Waals surface area contributed by atoms with Gasteiger partial charge < -0.3 is 26.4 Å². The smallest absolute Gasteiger partial charge is 0.206 e. The highest BCUT2D eigenvalue weighted by atomic mass is 16.3. The van der Waals surface area contributed by atoms with Crippen LogP contribution in [0.25, 0.3) is 11.3 Å². The summed E-state index contributed by atoms with van der Waals surface area (Å²) in [6.07, 6.45) is 3.92. The summed E-state index contributed by atoms with van der Waals surface area (Å²) in [4.78, 5) is 13.6. The Morgan fingerprint density at radius 3 is 2.53 bits per heavy atom. The summed E-state index contributed by atoms with van der Waals surface area (Å²) in [7, 11) is 0. The summed E-state index contributed by atoms with van der Waals surface area (Å²) in [5.41, 5.74) is 14.2. The lowest BCUT2D eigenvalue weighted by Crippen LogP contribution is -2.54. The van der Waals surface area contributed by atoms with Gasteiger partial charge in [-0.05, 0) is 55.2 Å². The molecule has 0 spiro atoms. The Morgan fingerprint density at radius 2 is 1.81 bits per heavy atom. The van der Waals surface area contributed by atoms with Crippen LogP contribution in [-0.2, 0) is 0 Å². The second-order valence-corrected chi connectivity index (χ2v) is 7.99. The molecule has 0 amide bonds. The molecule has 2 aliphatic rings. The molecule has 1 aromatic carbocycles. The standard InChI is InChI=1S/C23H24N8O/c24-10-1-2-21-26-11-9-22(27-21)31-16-5-6-17(31)14-30(13-16)20-12-19(28-29-23(20)25)15-3-7-18(32)8-4-15/h3-4,7-9,11-12,16-17,32H,5-6,10,13-14,24H2,(H2,25,29). The monoisotopic (exact) mass is 428 g/mol. The van der Waals surface area contributed by atoms with E-state index in [0.29, 0.717) is 23.7 Å². The molecule has 4 heterocycles. The minimum absolute atomic E-state index is 0.215. The Hall–Kier alpha value is -3.90. The van der Waals surface area contributed by atoms with Gasteiger partial charge in [0.05, 0.1) is 17.9 Å². The predicted octanol–water partition coefficient (Wildman–Crippen LogP) is 1.39. The molecule has 2 aliphatic heterocycles. The first kappa shape index (κ1) is 20.0. The number of phenolic OH excluding ortho intramolecular Hbond substituents is 1. The third kappa shape index (κ3) is 3.76. The molecule has 2 atom stereocenters. The molecule has 2 fully saturated rings. The van der Waals surface area contributed by atoms with Crippen LogP contribution >= 0.6 is 0 Å². The average molecular weight is 429 g/mol. The van der Waals surface area contributed by atoms with Crippen molar-refractivity contribution >= 4 is 17.3 Å². The van der Waals surface area contributed by atoms with Crippen LogP contribution in [-0.4, -0.2) is 57.0 Å². The van der Waals surface area contributed by atoms with E-state index >= 15 is 0 Å². The zero-order valence-corrected chi connectivity index (χ0v) is 17.5.